The zero-order valence-corrected chi connectivity index (χ0v) is 17.5. The van der Waals surface area contributed by atoms with Crippen LogP contribution in [0.1, 0.15) is 50.6 Å². The minimum absolute atomic E-state index is 0.109. The van der Waals surface area contributed by atoms with Crippen LogP contribution in [0, 0.1) is 13.8 Å². The molecule has 0 spiro atoms. The van der Waals surface area contributed by atoms with E-state index >= 15 is 0 Å². The first-order valence-electron chi connectivity index (χ1n) is 9.84. The van der Waals surface area contributed by atoms with Gasteiger partial charge in [-0.2, -0.15) is 0 Å². The number of hydrogen-bond acceptors (Lipinski definition) is 4. The number of aliphatic imine (C=N–C) groups is 1. The fraction of sp³-hybridized carbons (Fsp3) is 0.192. The second kappa shape index (κ2) is 9.79. The van der Waals surface area contributed by atoms with Crippen LogP contribution < -0.4 is 0 Å². The molecule has 0 N–H and O–H groups in total. The summed E-state index contributed by atoms with van der Waals surface area (Å²) in [5.74, 6) is -0.338. The van der Waals surface area contributed by atoms with Gasteiger partial charge in [0.15, 0.2) is 0 Å². The number of rotatable bonds is 7. The highest BCUT2D eigenvalue weighted by Crippen LogP contribution is 2.25. The standard InChI is InChI=1S/C26H25NO3/c1-18-4-10-22(11-5-18)26(23-12-6-19(2)7-13-23)27-24(16-25(29)30-3)21-14-8-20(17-28)9-15-21/h4-15,17,24H,16H2,1-3H3. The average Bonchev–Trinajstić information content (AvgIpc) is 2.78. The fourth-order valence-electron chi connectivity index (χ4n) is 3.17. The topological polar surface area (TPSA) is 55.7 Å². The van der Waals surface area contributed by atoms with Gasteiger partial charge in [-0.15, -0.1) is 0 Å². The van der Waals surface area contributed by atoms with Crippen molar-refractivity contribution in [2.75, 3.05) is 7.11 Å². The molecule has 3 rings (SSSR count). The van der Waals surface area contributed by atoms with Crippen molar-refractivity contribution in [1.29, 1.82) is 0 Å². The number of esters is 1. The van der Waals surface area contributed by atoms with Gasteiger partial charge in [0, 0.05) is 16.7 Å². The Morgan fingerprint density at radius 3 is 1.80 bits per heavy atom. The summed E-state index contributed by atoms with van der Waals surface area (Å²) in [6.45, 7) is 4.09. The largest absolute Gasteiger partial charge is 0.469 e. The molecule has 0 heterocycles. The van der Waals surface area contributed by atoms with Gasteiger partial charge in [-0.3, -0.25) is 14.6 Å². The van der Waals surface area contributed by atoms with Crippen molar-refractivity contribution in [3.8, 4) is 0 Å². The van der Waals surface area contributed by atoms with E-state index in [1.165, 1.54) is 7.11 Å². The molecular formula is C26H25NO3. The molecule has 0 bridgehead atoms. The van der Waals surface area contributed by atoms with Crippen molar-refractivity contribution in [1.82, 2.24) is 0 Å². The van der Waals surface area contributed by atoms with Crippen LogP contribution >= 0.6 is 0 Å². The maximum absolute atomic E-state index is 12.1. The van der Waals surface area contributed by atoms with E-state index in [2.05, 4.69) is 0 Å². The Labute approximate surface area is 177 Å². The number of aldehydes is 1. The van der Waals surface area contributed by atoms with Crippen LogP contribution in [-0.2, 0) is 9.53 Å². The summed E-state index contributed by atoms with van der Waals surface area (Å²) in [5, 5.41) is 0. The van der Waals surface area contributed by atoms with Crippen LogP contribution in [0.2, 0.25) is 0 Å². The minimum atomic E-state index is -0.434. The highest BCUT2D eigenvalue weighted by atomic mass is 16.5. The van der Waals surface area contributed by atoms with Crippen LogP contribution in [0.15, 0.2) is 77.8 Å². The lowest BCUT2D eigenvalue weighted by Crippen LogP contribution is -2.12. The second-order valence-corrected chi connectivity index (χ2v) is 7.29. The van der Waals surface area contributed by atoms with Gasteiger partial charge < -0.3 is 4.74 Å². The molecule has 1 atom stereocenters. The second-order valence-electron chi connectivity index (χ2n) is 7.29. The Kier molecular flexibility index (Phi) is 6.91. The molecule has 0 radical (unpaired) electrons. The first kappa shape index (κ1) is 21.2. The molecule has 0 amide bonds. The van der Waals surface area contributed by atoms with Crippen molar-refractivity contribution in [3.63, 3.8) is 0 Å². The zero-order chi connectivity index (χ0) is 21.5. The number of nitrogens with zero attached hydrogens (tertiary/aromatic N) is 1. The Morgan fingerprint density at radius 1 is 0.867 bits per heavy atom. The van der Waals surface area contributed by atoms with Gasteiger partial charge in [0.1, 0.15) is 6.29 Å². The summed E-state index contributed by atoms with van der Waals surface area (Å²) in [4.78, 5) is 28.1. The predicted octanol–water partition coefficient (Wildman–Crippen LogP) is 5.26. The normalized spacial score (nSPS) is 11.4. The molecule has 0 fully saturated rings. The molecule has 1 unspecified atom stereocenters. The van der Waals surface area contributed by atoms with E-state index in [0.29, 0.717) is 5.56 Å². The third kappa shape index (κ3) is 5.29. The summed E-state index contributed by atoms with van der Waals surface area (Å²) in [5.41, 5.74) is 6.52. The number of methoxy groups -OCH3 is 1. The quantitative estimate of drug-likeness (QED) is 0.309. The number of hydrogen-bond donors (Lipinski definition) is 0. The maximum atomic E-state index is 12.1. The van der Waals surface area contributed by atoms with Crippen molar-refractivity contribution in [3.05, 3.63) is 106 Å². The van der Waals surface area contributed by atoms with Crippen molar-refractivity contribution >= 4 is 18.0 Å². The number of aryl methyl sites for hydroxylation is 2. The minimum Gasteiger partial charge on any atom is -0.469 e. The Balaban J connectivity index is 2.12. The molecular weight excluding hydrogens is 374 g/mol. The van der Waals surface area contributed by atoms with Crippen LogP contribution in [0.5, 0.6) is 0 Å². The molecule has 0 aromatic heterocycles. The average molecular weight is 399 g/mol. The smallest absolute Gasteiger partial charge is 0.308 e. The van der Waals surface area contributed by atoms with Gasteiger partial charge in [-0.1, -0.05) is 83.9 Å². The van der Waals surface area contributed by atoms with Gasteiger partial charge in [-0.05, 0) is 19.4 Å². The molecule has 0 aliphatic carbocycles. The summed E-state index contributed by atoms with van der Waals surface area (Å²) in [7, 11) is 1.37. The molecule has 0 aliphatic rings. The molecule has 3 aromatic carbocycles. The number of benzene rings is 3. The van der Waals surface area contributed by atoms with Gasteiger partial charge in [-0.25, -0.2) is 0 Å². The number of ether oxygens (including phenoxy) is 1. The molecule has 30 heavy (non-hydrogen) atoms. The van der Waals surface area contributed by atoms with Crippen molar-refractivity contribution < 1.29 is 14.3 Å². The molecule has 3 aromatic rings. The third-order valence-corrected chi connectivity index (χ3v) is 4.98. The lowest BCUT2D eigenvalue weighted by Gasteiger charge is -2.16. The molecule has 4 nitrogen and oxygen atoms in total. The first-order chi connectivity index (χ1) is 14.5. The fourth-order valence-corrected chi connectivity index (χ4v) is 3.17. The zero-order valence-electron chi connectivity index (χ0n) is 17.5. The van der Waals surface area contributed by atoms with Gasteiger partial charge in [0.2, 0.25) is 0 Å². The molecule has 0 saturated carbocycles. The summed E-state index contributed by atoms with van der Waals surface area (Å²) in [6.07, 6.45) is 0.907. The van der Waals surface area contributed by atoms with Gasteiger partial charge in [0.05, 0.1) is 25.3 Å². The van der Waals surface area contributed by atoms with E-state index in [4.69, 9.17) is 9.73 Å². The predicted molar refractivity (Wildman–Crippen MR) is 119 cm³/mol. The van der Waals surface area contributed by atoms with Crippen molar-refractivity contribution in [2.24, 2.45) is 4.99 Å². The monoisotopic (exact) mass is 399 g/mol. The number of carbonyl (C=O) groups excluding carboxylic acids is 2. The van der Waals surface area contributed by atoms with Crippen LogP contribution in [-0.4, -0.2) is 25.1 Å². The van der Waals surface area contributed by atoms with Gasteiger partial charge >= 0.3 is 5.97 Å². The lowest BCUT2D eigenvalue weighted by atomic mass is 9.98. The molecule has 152 valence electrons. The summed E-state index contributed by atoms with van der Waals surface area (Å²) >= 11 is 0. The Hall–Kier alpha value is -3.53. The first-order valence-corrected chi connectivity index (χ1v) is 9.84. The maximum Gasteiger partial charge on any atom is 0.308 e. The molecule has 0 aliphatic heterocycles. The van der Waals surface area contributed by atoms with E-state index in [1.807, 2.05) is 74.5 Å². The molecule has 0 saturated heterocycles. The highest BCUT2D eigenvalue weighted by molar-refractivity contribution is 6.13. The van der Waals surface area contributed by atoms with E-state index in [1.54, 1.807) is 12.1 Å². The lowest BCUT2D eigenvalue weighted by molar-refractivity contribution is -0.141. The highest BCUT2D eigenvalue weighted by Gasteiger charge is 2.18. The molecule has 4 heteroatoms. The third-order valence-electron chi connectivity index (χ3n) is 4.98. The van der Waals surface area contributed by atoms with Gasteiger partial charge in [0.25, 0.3) is 0 Å². The van der Waals surface area contributed by atoms with E-state index in [0.717, 1.165) is 39.8 Å². The number of carbonyl (C=O) groups is 2. The van der Waals surface area contributed by atoms with Crippen molar-refractivity contribution in [2.45, 2.75) is 26.3 Å². The van der Waals surface area contributed by atoms with E-state index < -0.39 is 6.04 Å². The SMILES string of the molecule is COC(=O)CC(N=C(c1ccc(C)cc1)c1ccc(C)cc1)c1ccc(C=O)cc1. The Morgan fingerprint density at radius 2 is 1.37 bits per heavy atom. The van der Waals surface area contributed by atoms with E-state index in [9.17, 15) is 9.59 Å². The van der Waals surface area contributed by atoms with E-state index in [-0.39, 0.29) is 12.4 Å². The van der Waals surface area contributed by atoms with Crippen LogP contribution in [0.4, 0.5) is 0 Å². The van der Waals surface area contributed by atoms with Crippen LogP contribution in [0.25, 0.3) is 0 Å². The summed E-state index contributed by atoms with van der Waals surface area (Å²) in [6, 6.07) is 23.1. The van der Waals surface area contributed by atoms with Crippen LogP contribution in [0.3, 0.4) is 0 Å². The Bertz CT molecular complexity index is 986. The summed E-state index contributed by atoms with van der Waals surface area (Å²) < 4.78 is 4.91.